The largest absolute Gasteiger partial charge is 0.461 e. The van der Waals surface area contributed by atoms with Gasteiger partial charge in [0.2, 0.25) is 11.8 Å². The zero-order valence-electron chi connectivity index (χ0n) is 12.2. The Balaban J connectivity index is 2.89. The van der Waals surface area contributed by atoms with Crippen LogP contribution < -0.4 is 10.5 Å². The van der Waals surface area contributed by atoms with Crippen LogP contribution in [0.3, 0.4) is 0 Å². The van der Waals surface area contributed by atoms with E-state index in [4.69, 9.17) is 38.4 Å². The number of pyridine rings is 1. The summed E-state index contributed by atoms with van der Waals surface area (Å²) < 4.78 is 23.9. The summed E-state index contributed by atoms with van der Waals surface area (Å²) in [5.74, 6) is -1.95. The first-order chi connectivity index (χ1) is 9.59. The van der Waals surface area contributed by atoms with Crippen LogP contribution in [-0.2, 0) is 9.53 Å². The first-order valence-electron chi connectivity index (χ1n) is 6.28. The molecule has 0 aliphatic rings. The molecule has 0 saturated heterocycles. The molecule has 1 atom stereocenters. The Labute approximate surface area is 132 Å². The molecule has 1 aromatic rings. The number of ether oxygens (including phenoxy) is 2. The molecule has 0 bridgehead atoms. The molecule has 0 fully saturated rings. The number of nitrogens with zero attached hydrogens (tertiary/aromatic N) is 1. The summed E-state index contributed by atoms with van der Waals surface area (Å²) in [5, 5.41) is -0.550. The van der Waals surface area contributed by atoms with Crippen molar-refractivity contribution >= 4 is 34.9 Å². The summed E-state index contributed by atoms with van der Waals surface area (Å²) in [5.41, 5.74) is 4.69. The normalized spacial score (nSPS) is 12.9. The summed E-state index contributed by atoms with van der Waals surface area (Å²) in [4.78, 5) is 15.3. The molecule has 0 unspecified atom stereocenters. The molecule has 0 radical (unpaired) electrons. The third-order valence-corrected chi connectivity index (χ3v) is 3.62. The SMILES string of the molecule is CCC(C)(C)OC(=O)[C@@H](C)Oc1nc(F)c(Cl)c(N)c1Cl. The third kappa shape index (κ3) is 4.35. The van der Waals surface area contributed by atoms with E-state index in [0.29, 0.717) is 6.42 Å². The second kappa shape index (κ2) is 6.66. The Morgan fingerprint density at radius 2 is 2.00 bits per heavy atom. The van der Waals surface area contributed by atoms with Gasteiger partial charge in [-0.2, -0.15) is 9.37 Å². The lowest BCUT2D eigenvalue weighted by atomic mass is 10.1. The van der Waals surface area contributed by atoms with Crippen molar-refractivity contribution in [3.05, 3.63) is 16.0 Å². The second-order valence-electron chi connectivity index (χ2n) is 5.04. The van der Waals surface area contributed by atoms with E-state index in [2.05, 4.69) is 4.98 Å². The first-order valence-corrected chi connectivity index (χ1v) is 7.04. The standard InChI is InChI=1S/C13H17Cl2FN2O3/c1-5-13(3,4)21-12(19)6(2)20-11-8(15)9(17)7(14)10(16)18-11/h6H,5H2,1-4H3,(H2,17,18)/t6-/m1/s1. The van der Waals surface area contributed by atoms with Gasteiger partial charge < -0.3 is 15.2 Å². The molecule has 0 aliphatic carbocycles. The van der Waals surface area contributed by atoms with Crippen molar-refractivity contribution in [2.75, 3.05) is 5.73 Å². The zero-order chi connectivity index (χ0) is 16.4. The Morgan fingerprint density at radius 1 is 1.43 bits per heavy atom. The monoisotopic (exact) mass is 338 g/mol. The summed E-state index contributed by atoms with van der Waals surface area (Å²) in [6.45, 7) is 6.85. The highest BCUT2D eigenvalue weighted by atomic mass is 35.5. The van der Waals surface area contributed by atoms with Gasteiger partial charge in [-0.25, -0.2) is 4.79 Å². The van der Waals surface area contributed by atoms with E-state index < -0.39 is 28.6 Å². The molecular weight excluding hydrogens is 322 g/mol. The highest BCUT2D eigenvalue weighted by molar-refractivity contribution is 6.39. The van der Waals surface area contributed by atoms with Gasteiger partial charge in [-0.1, -0.05) is 30.1 Å². The summed E-state index contributed by atoms with van der Waals surface area (Å²) in [7, 11) is 0. The Morgan fingerprint density at radius 3 is 2.52 bits per heavy atom. The van der Waals surface area contributed by atoms with E-state index in [0.717, 1.165) is 0 Å². The van der Waals surface area contributed by atoms with Gasteiger partial charge in [-0.05, 0) is 27.2 Å². The molecule has 1 aromatic heterocycles. The zero-order valence-corrected chi connectivity index (χ0v) is 13.7. The lowest BCUT2D eigenvalue weighted by molar-refractivity contribution is -0.164. The van der Waals surface area contributed by atoms with E-state index in [9.17, 15) is 9.18 Å². The lowest BCUT2D eigenvalue weighted by Crippen LogP contribution is -2.35. The van der Waals surface area contributed by atoms with Crippen LogP contribution in [0, 0.1) is 5.95 Å². The molecule has 0 amide bonds. The molecule has 0 aromatic carbocycles. The van der Waals surface area contributed by atoms with Crippen LogP contribution in [0.25, 0.3) is 0 Å². The molecule has 1 rings (SSSR count). The van der Waals surface area contributed by atoms with Gasteiger partial charge in [0, 0.05) is 0 Å². The van der Waals surface area contributed by atoms with Gasteiger partial charge in [0.25, 0.3) is 0 Å². The number of nitrogen functional groups attached to an aromatic ring is 1. The number of halogens is 3. The molecule has 0 aliphatic heterocycles. The maximum atomic E-state index is 13.4. The molecule has 0 saturated carbocycles. The Hall–Kier alpha value is -1.27. The van der Waals surface area contributed by atoms with Crippen LogP contribution in [0.1, 0.15) is 34.1 Å². The van der Waals surface area contributed by atoms with Crippen molar-refractivity contribution in [1.82, 2.24) is 4.98 Å². The third-order valence-electron chi connectivity index (χ3n) is 2.89. The number of anilines is 1. The maximum absolute atomic E-state index is 13.4. The highest BCUT2D eigenvalue weighted by Gasteiger charge is 2.27. The smallest absolute Gasteiger partial charge is 0.347 e. The Kier molecular flexibility index (Phi) is 5.64. The van der Waals surface area contributed by atoms with Gasteiger partial charge in [0.05, 0.1) is 5.69 Å². The predicted octanol–water partition coefficient (Wildman–Crippen LogP) is 3.61. The van der Waals surface area contributed by atoms with Gasteiger partial charge in [0.15, 0.2) is 6.10 Å². The number of carbonyl (C=O) groups excluding carboxylic acids is 1. The number of aromatic nitrogens is 1. The average molecular weight is 339 g/mol. The minimum atomic E-state index is -1.03. The number of esters is 1. The highest BCUT2D eigenvalue weighted by Crippen LogP contribution is 2.35. The second-order valence-corrected chi connectivity index (χ2v) is 5.80. The molecule has 0 spiro atoms. The lowest BCUT2D eigenvalue weighted by Gasteiger charge is -2.25. The minimum absolute atomic E-state index is 0.157. The van der Waals surface area contributed by atoms with Crippen molar-refractivity contribution in [2.45, 2.75) is 45.8 Å². The van der Waals surface area contributed by atoms with Crippen LogP contribution in [-0.4, -0.2) is 22.7 Å². The Bertz CT molecular complexity index is 553. The van der Waals surface area contributed by atoms with Gasteiger partial charge in [0.1, 0.15) is 15.6 Å². The van der Waals surface area contributed by atoms with Gasteiger partial charge >= 0.3 is 5.97 Å². The van der Waals surface area contributed by atoms with E-state index >= 15 is 0 Å². The molecule has 118 valence electrons. The van der Waals surface area contributed by atoms with Crippen LogP contribution in [0.2, 0.25) is 10.0 Å². The molecule has 1 heterocycles. The van der Waals surface area contributed by atoms with E-state index in [1.54, 1.807) is 13.8 Å². The van der Waals surface area contributed by atoms with Crippen LogP contribution in [0.4, 0.5) is 10.1 Å². The topological polar surface area (TPSA) is 74.4 Å². The van der Waals surface area contributed by atoms with Crippen LogP contribution >= 0.6 is 23.2 Å². The summed E-state index contributed by atoms with van der Waals surface area (Å²) in [6, 6.07) is 0. The van der Waals surface area contributed by atoms with E-state index in [1.807, 2.05) is 6.92 Å². The van der Waals surface area contributed by atoms with E-state index in [-0.39, 0.29) is 16.6 Å². The van der Waals surface area contributed by atoms with E-state index in [1.165, 1.54) is 6.92 Å². The number of nitrogens with two attached hydrogens (primary N) is 1. The maximum Gasteiger partial charge on any atom is 0.347 e. The van der Waals surface area contributed by atoms with Crippen LogP contribution in [0.5, 0.6) is 5.88 Å². The van der Waals surface area contributed by atoms with Crippen LogP contribution in [0.15, 0.2) is 0 Å². The predicted molar refractivity (Wildman–Crippen MR) is 79.2 cm³/mol. The van der Waals surface area contributed by atoms with Crippen molar-refractivity contribution in [3.8, 4) is 5.88 Å². The molecule has 5 nitrogen and oxygen atoms in total. The van der Waals surface area contributed by atoms with Gasteiger partial charge in [-0.3, -0.25) is 0 Å². The fourth-order valence-electron chi connectivity index (χ4n) is 1.23. The first kappa shape index (κ1) is 17.8. The molecular formula is C13H17Cl2FN2O3. The minimum Gasteiger partial charge on any atom is -0.461 e. The molecule has 2 N–H and O–H groups in total. The number of hydrogen-bond donors (Lipinski definition) is 1. The summed E-state index contributed by atoms with van der Waals surface area (Å²) in [6.07, 6.45) is -0.395. The quantitative estimate of drug-likeness (QED) is 0.655. The number of rotatable bonds is 5. The van der Waals surface area contributed by atoms with Crippen molar-refractivity contribution in [1.29, 1.82) is 0 Å². The fourth-order valence-corrected chi connectivity index (χ4v) is 1.60. The fraction of sp³-hybridized carbons (Fsp3) is 0.538. The average Bonchev–Trinajstić information content (AvgIpc) is 2.41. The molecule has 8 heteroatoms. The molecule has 21 heavy (non-hydrogen) atoms. The number of carbonyl (C=O) groups is 1. The number of hydrogen-bond acceptors (Lipinski definition) is 5. The van der Waals surface area contributed by atoms with Crippen molar-refractivity contribution in [2.24, 2.45) is 0 Å². The van der Waals surface area contributed by atoms with Crippen molar-refractivity contribution in [3.63, 3.8) is 0 Å². The van der Waals surface area contributed by atoms with Gasteiger partial charge in [-0.15, -0.1) is 0 Å². The van der Waals surface area contributed by atoms with Crippen molar-refractivity contribution < 1.29 is 18.7 Å². The summed E-state index contributed by atoms with van der Waals surface area (Å²) >= 11 is 11.4.